The molecule has 1 amide bonds. The van der Waals surface area contributed by atoms with Crippen molar-refractivity contribution in [2.75, 3.05) is 36.8 Å². The molecular weight excluding hydrogens is 815 g/mol. The Labute approximate surface area is 382 Å². The fraction of sp³-hybridized carbons (Fsp3) is 0.526. The standard InChI is InChI=1S/C38H54N4O10S3.2Na/c1-37(2)30-26-28(54(47,48)49)17-19-32(30)41(23-11-7-8-16-36(43)40-22-10-6-5-9-21-39)34(37)14-12-15-35-38(3,4)31-27-29(55(50,51)52)18-20-33(31)42(35)24-13-25-53(44,45)46;;/h12,14-15,17-20,26-27H,5-11,13,16,21-25,39H2,1-4H3,(H3-,40,43,44,45,46,47,48,49,50,51,52);;/q;2*+1/p-2. The van der Waals surface area contributed by atoms with Crippen molar-refractivity contribution in [2.24, 2.45) is 5.73 Å². The zero-order valence-corrected chi connectivity index (χ0v) is 40.3. The van der Waals surface area contributed by atoms with Crippen molar-refractivity contribution in [2.45, 2.75) is 106 Å². The van der Waals surface area contributed by atoms with Gasteiger partial charge in [-0.2, -0.15) is 4.58 Å². The summed E-state index contributed by atoms with van der Waals surface area (Å²) >= 11 is 0. The van der Waals surface area contributed by atoms with Gasteiger partial charge in [0, 0.05) is 66.2 Å². The zero-order chi connectivity index (χ0) is 40.8. The molecule has 2 aromatic carbocycles. The molecule has 0 aliphatic carbocycles. The number of unbranched alkanes of at least 4 members (excludes halogenated alkanes) is 5. The number of benzene rings is 2. The van der Waals surface area contributed by atoms with Crippen molar-refractivity contribution in [1.82, 2.24) is 5.32 Å². The average molecular weight is 867 g/mol. The molecule has 3 N–H and O–H groups in total. The summed E-state index contributed by atoms with van der Waals surface area (Å²) in [5.41, 5.74) is 7.93. The average Bonchev–Trinajstić information content (AvgIpc) is 3.42. The van der Waals surface area contributed by atoms with Crippen LogP contribution in [-0.2, 0) is 46.0 Å². The summed E-state index contributed by atoms with van der Waals surface area (Å²) in [5, 5.41) is 2.97. The molecular formula is C38H52N4Na2O10S3. The van der Waals surface area contributed by atoms with Crippen LogP contribution in [0.4, 0.5) is 11.4 Å². The van der Waals surface area contributed by atoms with Crippen LogP contribution >= 0.6 is 0 Å². The van der Waals surface area contributed by atoms with Gasteiger partial charge in [0.15, 0.2) is 5.71 Å². The Morgan fingerprint density at radius 3 is 2.00 bits per heavy atom. The predicted molar refractivity (Wildman–Crippen MR) is 207 cm³/mol. The number of nitrogens with two attached hydrogens (primary N) is 1. The Bertz CT molecular complexity index is 2190. The third-order valence-electron chi connectivity index (χ3n) is 10.3. The quantitative estimate of drug-likeness (QED) is 0.0653. The summed E-state index contributed by atoms with van der Waals surface area (Å²) in [6, 6.07) is 8.37. The van der Waals surface area contributed by atoms with Crippen LogP contribution in [0.15, 0.2) is 70.1 Å². The molecule has 2 aliphatic rings. The molecule has 0 aromatic heterocycles. The third-order valence-corrected chi connectivity index (χ3v) is 12.8. The van der Waals surface area contributed by atoms with Crippen LogP contribution in [0.1, 0.15) is 96.6 Å². The molecule has 0 spiro atoms. The van der Waals surface area contributed by atoms with Crippen LogP contribution in [0.5, 0.6) is 0 Å². The van der Waals surface area contributed by atoms with E-state index < -0.39 is 51.8 Å². The van der Waals surface area contributed by atoms with E-state index in [9.17, 15) is 43.7 Å². The van der Waals surface area contributed by atoms with Gasteiger partial charge in [0.1, 0.15) is 26.8 Å². The van der Waals surface area contributed by atoms with Gasteiger partial charge in [-0.3, -0.25) is 4.79 Å². The van der Waals surface area contributed by atoms with Gasteiger partial charge in [-0.1, -0.05) is 39.2 Å². The summed E-state index contributed by atoms with van der Waals surface area (Å²) < 4.78 is 108. The Hall–Kier alpha value is -1.45. The molecule has 0 saturated heterocycles. The summed E-state index contributed by atoms with van der Waals surface area (Å²) in [6.07, 6.45) is 12.0. The van der Waals surface area contributed by atoms with E-state index in [0.717, 1.165) is 43.5 Å². The van der Waals surface area contributed by atoms with Gasteiger partial charge in [0.05, 0.1) is 25.3 Å². The van der Waals surface area contributed by atoms with Crippen molar-refractivity contribution < 1.29 is 107 Å². The number of carbonyl (C=O) groups is 1. The van der Waals surface area contributed by atoms with Crippen LogP contribution in [0.2, 0.25) is 0 Å². The molecule has 2 aliphatic heterocycles. The van der Waals surface area contributed by atoms with Crippen molar-refractivity contribution in [3.05, 3.63) is 71.5 Å². The molecule has 57 heavy (non-hydrogen) atoms. The second-order valence-electron chi connectivity index (χ2n) is 15.1. The van der Waals surface area contributed by atoms with E-state index in [1.165, 1.54) is 30.3 Å². The normalized spacial score (nSPS) is 16.7. The second kappa shape index (κ2) is 21.4. The van der Waals surface area contributed by atoms with Crippen molar-refractivity contribution in [3.8, 4) is 0 Å². The van der Waals surface area contributed by atoms with Gasteiger partial charge in [-0.05, 0) is 88.0 Å². The third kappa shape index (κ3) is 13.5. The molecule has 0 fully saturated rings. The predicted octanol–water partition coefficient (Wildman–Crippen LogP) is -1.75. The van der Waals surface area contributed by atoms with Crippen LogP contribution in [-0.4, -0.2) is 87.0 Å². The van der Waals surface area contributed by atoms with Crippen LogP contribution in [0.25, 0.3) is 0 Å². The molecule has 19 heteroatoms. The first-order valence-corrected chi connectivity index (χ1v) is 22.9. The first kappa shape index (κ1) is 51.7. The molecule has 2 heterocycles. The molecule has 0 atom stereocenters. The monoisotopic (exact) mass is 866 g/mol. The number of hydrogen-bond donors (Lipinski definition) is 2. The molecule has 2 aromatic rings. The fourth-order valence-corrected chi connectivity index (χ4v) is 8.88. The summed E-state index contributed by atoms with van der Waals surface area (Å²) in [6.45, 7) is 9.52. The van der Waals surface area contributed by atoms with Gasteiger partial charge in [-0.15, -0.1) is 0 Å². The van der Waals surface area contributed by atoms with Gasteiger partial charge < -0.3 is 29.6 Å². The zero-order valence-electron chi connectivity index (χ0n) is 33.9. The number of fused-ring (bicyclic) bond motifs is 2. The largest absolute Gasteiger partial charge is 1.00 e. The number of allylic oxidation sites excluding steroid dienone is 4. The summed E-state index contributed by atoms with van der Waals surface area (Å²) in [5.74, 6) is -0.594. The number of rotatable bonds is 20. The Morgan fingerprint density at radius 1 is 0.789 bits per heavy atom. The first-order chi connectivity index (χ1) is 25.6. The summed E-state index contributed by atoms with van der Waals surface area (Å²) in [4.78, 5) is 13.7. The van der Waals surface area contributed by atoms with Gasteiger partial charge in [-0.25, -0.2) is 25.3 Å². The minimum absolute atomic E-state index is 0. The number of hydrogen-bond acceptors (Lipinski definition) is 12. The van der Waals surface area contributed by atoms with E-state index in [1.807, 2.05) is 44.4 Å². The second-order valence-corrected chi connectivity index (χ2v) is 19.4. The SMILES string of the molecule is CC1(C)C(/C=C/C=C2/N(CCCCCC(=O)NCCCCCCN)c3ccc(S(=O)(=O)[O-])cc3C2(C)C)=[N+](CCCS(=O)(=O)[O-])c2ccc(S(=O)(=O)[O-])cc21.[Na+].[Na+]. The minimum atomic E-state index is -4.77. The van der Waals surface area contributed by atoms with Gasteiger partial charge in [0.2, 0.25) is 11.6 Å². The molecule has 0 unspecified atom stereocenters. The van der Waals surface area contributed by atoms with Gasteiger partial charge in [0.25, 0.3) is 0 Å². The minimum Gasteiger partial charge on any atom is -0.748 e. The van der Waals surface area contributed by atoms with E-state index in [0.29, 0.717) is 61.4 Å². The number of anilines is 1. The molecule has 0 saturated carbocycles. The first-order valence-electron chi connectivity index (χ1n) is 18.5. The number of amides is 1. The van der Waals surface area contributed by atoms with Crippen LogP contribution in [0.3, 0.4) is 0 Å². The molecule has 0 radical (unpaired) electrons. The van der Waals surface area contributed by atoms with Crippen LogP contribution in [0, 0.1) is 0 Å². The van der Waals surface area contributed by atoms with Crippen molar-refractivity contribution in [1.29, 1.82) is 0 Å². The maximum atomic E-state index is 12.4. The van der Waals surface area contributed by atoms with E-state index in [2.05, 4.69) is 10.2 Å². The van der Waals surface area contributed by atoms with Crippen LogP contribution < -0.4 is 75.1 Å². The smallest absolute Gasteiger partial charge is 0.748 e. The number of nitrogens with one attached hydrogen (secondary N) is 1. The van der Waals surface area contributed by atoms with Gasteiger partial charge >= 0.3 is 59.1 Å². The Morgan fingerprint density at radius 2 is 1.39 bits per heavy atom. The number of nitrogens with zero attached hydrogens (tertiary/aromatic N) is 2. The van der Waals surface area contributed by atoms with E-state index >= 15 is 0 Å². The van der Waals surface area contributed by atoms with E-state index in [1.54, 1.807) is 12.1 Å². The number of carbonyl (C=O) groups excluding carboxylic acids is 1. The van der Waals surface area contributed by atoms with E-state index in [-0.39, 0.29) is 82.9 Å². The van der Waals surface area contributed by atoms with E-state index in [4.69, 9.17) is 5.73 Å². The summed E-state index contributed by atoms with van der Waals surface area (Å²) in [7, 11) is -14.0. The topological polar surface area (TPSA) is 233 Å². The molecule has 304 valence electrons. The fourth-order valence-electron chi connectivity index (χ4n) is 7.40. The molecule has 0 bridgehead atoms. The Balaban J connectivity index is 0.00000561. The molecule has 4 rings (SSSR count). The van der Waals surface area contributed by atoms with Crippen molar-refractivity contribution >= 4 is 53.3 Å². The maximum Gasteiger partial charge on any atom is 1.00 e. The van der Waals surface area contributed by atoms with Crippen molar-refractivity contribution in [3.63, 3.8) is 0 Å². The molecule has 14 nitrogen and oxygen atoms in total. The maximum absolute atomic E-state index is 12.4. The Kier molecular flexibility index (Phi) is 19.4.